The molecule has 3 N–H and O–H groups in total. The summed E-state index contributed by atoms with van der Waals surface area (Å²) in [5, 5.41) is 1.31. The van der Waals surface area contributed by atoms with E-state index in [0.29, 0.717) is 0 Å². The minimum atomic E-state index is 0.173. The van der Waals surface area contributed by atoms with Gasteiger partial charge in [0, 0.05) is 35.4 Å². The van der Waals surface area contributed by atoms with Gasteiger partial charge in [0.05, 0.1) is 12.2 Å². The van der Waals surface area contributed by atoms with Gasteiger partial charge in [0.2, 0.25) is 0 Å². The van der Waals surface area contributed by atoms with Crippen molar-refractivity contribution >= 4 is 22.3 Å². The summed E-state index contributed by atoms with van der Waals surface area (Å²) in [5.41, 5.74) is 10.3. The van der Waals surface area contributed by atoms with Crippen molar-refractivity contribution in [1.82, 2.24) is 4.98 Å². The number of nitrogens with two attached hydrogens (primary N) is 1. The third-order valence-corrected chi connectivity index (χ3v) is 4.46. The van der Waals surface area contributed by atoms with Gasteiger partial charge in [-0.15, -0.1) is 0 Å². The Morgan fingerprint density at radius 3 is 3.04 bits per heavy atom. The van der Waals surface area contributed by atoms with E-state index in [4.69, 9.17) is 10.5 Å². The SMILES string of the molecule is CC1CN(CCc2c[nH]c3ccccc23)c2ccc(N)cc2O1. The first-order valence-corrected chi connectivity index (χ1v) is 8.07. The zero-order valence-corrected chi connectivity index (χ0v) is 13.3. The fraction of sp³-hybridized carbons (Fsp3) is 0.263. The van der Waals surface area contributed by atoms with Crippen LogP contribution in [0.15, 0.2) is 48.7 Å². The first kappa shape index (κ1) is 14.0. The third-order valence-electron chi connectivity index (χ3n) is 4.46. The van der Waals surface area contributed by atoms with Gasteiger partial charge in [0.25, 0.3) is 0 Å². The topological polar surface area (TPSA) is 54.3 Å². The fourth-order valence-electron chi connectivity index (χ4n) is 3.35. The van der Waals surface area contributed by atoms with Crippen molar-refractivity contribution in [3.05, 3.63) is 54.2 Å². The first-order valence-electron chi connectivity index (χ1n) is 8.07. The fourth-order valence-corrected chi connectivity index (χ4v) is 3.35. The number of aromatic nitrogens is 1. The molecule has 4 heteroatoms. The molecule has 0 aliphatic carbocycles. The summed E-state index contributed by atoms with van der Waals surface area (Å²) in [6.07, 6.45) is 3.30. The van der Waals surface area contributed by atoms with Gasteiger partial charge in [-0.25, -0.2) is 0 Å². The van der Waals surface area contributed by atoms with Crippen molar-refractivity contribution in [2.45, 2.75) is 19.4 Å². The van der Waals surface area contributed by atoms with E-state index >= 15 is 0 Å². The number of aromatic amines is 1. The summed E-state index contributed by atoms with van der Waals surface area (Å²) in [5.74, 6) is 0.891. The Balaban J connectivity index is 1.57. The number of ether oxygens (including phenoxy) is 1. The molecule has 2 heterocycles. The summed E-state index contributed by atoms with van der Waals surface area (Å²) in [7, 11) is 0. The van der Waals surface area contributed by atoms with Crippen LogP contribution < -0.4 is 15.4 Å². The number of benzene rings is 2. The molecular weight excluding hydrogens is 286 g/mol. The normalized spacial score (nSPS) is 17.1. The Hall–Kier alpha value is -2.62. The van der Waals surface area contributed by atoms with Gasteiger partial charge < -0.3 is 20.4 Å². The average Bonchev–Trinajstić information content (AvgIpc) is 2.95. The molecule has 0 bridgehead atoms. The first-order chi connectivity index (χ1) is 11.2. The van der Waals surface area contributed by atoms with E-state index in [1.165, 1.54) is 16.5 Å². The zero-order valence-electron chi connectivity index (χ0n) is 13.3. The maximum absolute atomic E-state index is 5.92. The van der Waals surface area contributed by atoms with E-state index in [9.17, 15) is 0 Å². The van der Waals surface area contributed by atoms with Gasteiger partial charge in [-0.2, -0.15) is 0 Å². The minimum Gasteiger partial charge on any atom is -0.487 e. The number of nitrogens with one attached hydrogen (secondary N) is 1. The van der Waals surface area contributed by atoms with Crippen molar-refractivity contribution in [3.8, 4) is 5.75 Å². The summed E-state index contributed by atoms with van der Waals surface area (Å²) < 4.78 is 5.92. The number of para-hydroxylation sites is 1. The minimum absolute atomic E-state index is 0.173. The van der Waals surface area contributed by atoms with Crippen molar-refractivity contribution < 1.29 is 4.74 Å². The molecule has 0 radical (unpaired) electrons. The Bertz CT molecular complexity index is 840. The summed E-state index contributed by atoms with van der Waals surface area (Å²) in [6.45, 7) is 3.97. The Kier molecular flexibility index (Phi) is 3.37. The predicted octanol–water partition coefficient (Wildman–Crippen LogP) is 3.58. The molecule has 0 spiro atoms. The second kappa shape index (κ2) is 5.54. The lowest BCUT2D eigenvalue weighted by molar-refractivity contribution is 0.213. The number of hydrogen-bond donors (Lipinski definition) is 2. The quantitative estimate of drug-likeness (QED) is 0.727. The molecule has 1 aliphatic heterocycles. The highest BCUT2D eigenvalue weighted by Gasteiger charge is 2.23. The molecule has 1 atom stereocenters. The van der Waals surface area contributed by atoms with Crippen molar-refractivity contribution in [1.29, 1.82) is 0 Å². The molecule has 0 amide bonds. The number of nitrogen functional groups attached to an aromatic ring is 1. The van der Waals surface area contributed by atoms with Gasteiger partial charge in [-0.05, 0) is 37.1 Å². The van der Waals surface area contributed by atoms with Crippen LogP contribution in [0.25, 0.3) is 10.9 Å². The highest BCUT2D eigenvalue weighted by Crippen LogP contribution is 2.35. The van der Waals surface area contributed by atoms with E-state index in [1.807, 2.05) is 12.1 Å². The van der Waals surface area contributed by atoms with Crippen LogP contribution in [0.3, 0.4) is 0 Å². The van der Waals surface area contributed by atoms with E-state index in [1.54, 1.807) is 0 Å². The van der Waals surface area contributed by atoms with E-state index in [0.717, 1.165) is 36.6 Å². The largest absolute Gasteiger partial charge is 0.487 e. The van der Waals surface area contributed by atoms with Crippen LogP contribution in [0.5, 0.6) is 5.75 Å². The Labute approximate surface area is 135 Å². The van der Waals surface area contributed by atoms with E-state index < -0.39 is 0 Å². The maximum Gasteiger partial charge on any atom is 0.145 e. The zero-order chi connectivity index (χ0) is 15.8. The number of fused-ring (bicyclic) bond motifs is 2. The Morgan fingerprint density at radius 2 is 2.13 bits per heavy atom. The number of rotatable bonds is 3. The van der Waals surface area contributed by atoms with E-state index in [-0.39, 0.29) is 6.10 Å². The molecule has 0 saturated carbocycles. The smallest absolute Gasteiger partial charge is 0.145 e. The lowest BCUT2D eigenvalue weighted by Crippen LogP contribution is -2.39. The Morgan fingerprint density at radius 1 is 1.26 bits per heavy atom. The molecular formula is C19H21N3O. The molecule has 0 fully saturated rings. The van der Waals surface area contributed by atoms with Gasteiger partial charge in [0.1, 0.15) is 11.9 Å². The standard InChI is InChI=1S/C19H21N3O/c1-13-12-22(18-7-6-15(20)10-19(18)23-13)9-8-14-11-21-17-5-3-2-4-16(14)17/h2-7,10-11,13,21H,8-9,12,20H2,1H3. The number of nitrogens with zero attached hydrogens (tertiary/aromatic N) is 1. The molecule has 118 valence electrons. The van der Waals surface area contributed by atoms with Crippen LogP contribution in [0, 0.1) is 0 Å². The van der Waals surface area contributed by atoms with Crippen LogP contribution in [0.4, 0.5) is 11.4 Å². The lowest BCUT2D eigenvalue weighted by Gasteiger charge is -2.35. The second-order valence-electron chi connectivity index (χ2n) is 6.21. The average molecular weight is 307 g/mol. The van der Waals surface area contributed by atoms with Gasteiger partial charge in [-0.3, -0.25) is 0 Å². The summed E-state index contributed by atoms with van der Waals surface area (Å²) in [4.78, 5) is 5.75. The molecule has 4 rings (SSSR count). The molecule has 23 heavy (non-hydrogen) atoms. The molecule has 2 aromatic carbocycles. The third kappa shape index (κ3) is 2.61. The van der Waals surface area contributed by atoms with Crippen molar-refractivity contribution in [3.63, 3.8) is 0 Å². The molecule has 0 saturated heterocycles. The molecule has 3 aromatic rings. The predicted molar refractivity (Wildman–Crippen MR) is 95.2 cm³/mol. The van der Waals surface area contributed by atoms with Gasteiger partial charge in [0.15, 0.2) is 0 Å². The summed E-state index contributed by atoms with van der Waals surface area (Å²) in [6, 6.07) is 14.4. The van der Waals surface area contributed by atoms with Crippen molar-refractivity contribution in [2.24, 2.45) is 0 Å². The van der Waals surface area contributed by atoms with Crippen LogP contribution >= 0.6 is 0 Å². The van der Waals surface area contributed by atoms with Crippen LogP contribution in [0.2, 0.25) is 0 Å². The monoisotopic (exact) mass is 307 g/mol. The van der Waals surface area contributed by atoms with Crippen LogP contribution in [0.1, 0.15) is 12.5 Å². The van der Waals surface area contributed by atoms with Crippen molar-refractivity contribution in [2.75, 3.05) is 23.7 Å². The number of anilines is 2. The molecule has 1 aliphatic rings. The molecule has 1 unspecified atom stereocenters. The number of hydrogen-bond acceptors (Lipinski definition) is 3. The highest BCUT2D eigenvalue weighted by molar-refractivity contribution is 5.83. The highest BCUT2D eigenvalue weighted by atomic mass is 16.5. The summed E-state index contributed by atoms with van der Waals surface area (Å²) >= 11 is 0. The number of H-pyrrole nitrogens is 1. The maximum atomic E-state index is 5.92. The van der Waals surface area contributed by atoms with Gasteiger partial charge in [-0.1, -0.05) is 18.2 Å². The second-order valence-corrected chi connectivity index (χ2v) is 6.21. The lowest BCUT2D eigenvalue weighted by atomic mass is 10.1. The van der Waals surface area contributed by atoms with E-state index in [2.05, 4.69) is 53.3 Å². The molecule has 4 nitrogen and oxygen atoms in total. The van der Waals surface area contributed by atoms with Crippen LogP contribution in [-0.4, -0.2) is 24.2 Å². The molecule has 1 aromatic heterocycles. The van der Waals surface area contributed by atoms with Crippen LogP contribution in [-0.2, 0) is 6.42 Å². The van der Waals surface area contributed by atoms with Gasteiger partial charge >= 0.3 is 0 Å².